The van der Waals surface area contributed by atoms with Crippen molar-refractivity contribution in [1.82, 2.24) is 4.90 Å². The highest BCUT2D eigenvalue weighted by molar-refractivity contribution is 5.81. The summed E-state index contributed by atoms with van der Waals surface area (Å²) in [6.07, 6.45) is 7.01. The number of rotatable bonds is 7. The monoisotopic (exact) mass is 415 g/mol. The van der Waals surface area contributed by atoms with Gasteiger partial charge in [0.05, 0.1) is 7.11 Å². The number of amides is 1. The van der Waals surface area contributed by atoms with E-state index in [4.69, 9.17) is 14.2 Å². The fraction of sp³-hybridized carbons (Fsp3) is 0.583. The van der Waals surface area contributed by atoms with E-state index in [0.29, 0.717) is 11.5 Å². The number of ether oxygens (including phenoxy) is 3. The Balaban J connectivity index is 1.50. The van der Waals surface area contributed by atoms with Gasteiger partial charge in [-0.2, -0.15) is 0 Å². The first-order valence-electron chi connectivity index (χ1n) is 10.5. The largest absolute Gasteiger partial charge is 0.493 e. The highest BCUT2D eigenvalue weighted by atomic mass is 16.6. The molecule has 6 nitrogen and oxygen atoms in total. The SMILES string of the molecule is C/C=C/c1ccc(OCC(=O)OCC(=O)N2C[C@]3(C)C[C@H]2CC(C)(C)C3)c(OC)c1. The maximum Gasteiger partial charge on any atom is 0.344 e. The number of fused-ring (bicyclic) bond motifs is 2. The summed E-state index contributed by atoms with van der Waals surface area (Å²) in [5, 5.41) is 0. The Morgan fingerprint density at radius 2 is 1.93 bits per heavy atom. The third kappa shape index (κ3) is 5.15. The van der Waals surface area contributed by atoms with E-state index in [1.165, 1.54) is 0 Å². The van der Waals surface area contributed by atoms with Crippen LogP contribution in [-0.4, -0.2) is 49.7 Å². The number of carbonyl (C=O) groups is 2. The van der Waals surface area contributed by atoms with Crippen molar-refractivity contribution in [2.45, 2.75) is 53.0 Å². The number of allylic oxidation sites excluding steroid dienone is 1. The molecule has 6 heteroatoms. The van der Waals surface area contributed by atoms with Gasteiger partial charge in [-0.25, -0.2) is 4.79 Å². The maximum atomic E-state index is 12.7. The van der Waals surface area contributed by atoms with Crippen molar-refractivity contribution < 1.29 is 23.8 Å². The molecule has 3 rings (SSSR count). The van der Waals surface area contributed by atoms with Gasteiger partial charge in [-0.15, -0.1) is 0 Å². The van der Waals surface area contributed by atoms with E-state index >= 15 is 0 Å². The van der Waals surface area contributed by atoms with Crippen LogP contribution in [0.2, 0.25) is 0 Å². The first-order valence-corrected chi connectivity index (χ1v) is 10.5. The summed E-state index contributed by atoms with van der Waals surface area (Å²) in [6, 6.07) is 5.69. The molecule has 1 heterocycles. The molecule has 164 valence electrons. The Kier molecular flexibility index (Phi) is 6.44. The Morgan fingerprint density at radius 3 is 2.63 bits per heavy atom. The molecule has 0 aromatic heterocycles. The average Bonchev–Trinajstić information content (AvgIpc) is 2.93. The quantitative estimate of drug-likeness (QED) is 0.628. The van der Waals surface area contributed by atoms with E-state index in [9.17, 15) is 9.59 Å². The van der Waals surface area contributed by atoms with Crippen LogP contribution in [0.15, 0.2) is 24.3 Å². The number of carbonyl (C=O) groups excluding carboxylic acids is 2. The summed E-state index contributed by atoms with van der Waals surface area (Å²) in [5.74, 6) is 0.298. The Morgan fingerprint density at radius 1 is 1.17 bits per heavy atom. The van der Waals surface area contributed by atoms with Crippen LogP contribution < -0.4 is 9.47 Å². The molecular weight excluding hydrogens is 382 g/mol. The third-order valence-corrected chi connectivity index (χ3v) is 5.98. The normalized spacial score (nSPS) is 24.7. The van der Waals surface area contributed by atoms with Gasteiger partial charge < -0.3 is 19.1 Å². The zero-order valence-corrected chi connectivity index (χ0v) is 18.7. The van der Waals surface area contributed by atoms with Gasteiger partial charge in [0.25, 0.3) is 5.91 Å². The lowest BCUT2D eigenvalue weighted by atomic mass is 9.65. The Labute approximate surface area is 179 Å². The van der Waals surface area contributed by atoms with Crippen molar-refractivity contribution in [3.63, 3.8) is 0 Å². The Hall–Kier alpha value is -2.50. The Bertz CT molecular complexity index is 831. The van der Waals surface area contributed by atoms with E-state index < -0.39 is 5.97 Å². The molecule has 2 aliphatic rings. The summed E-state index contributed by atoms with van der Waals surface area (Å²) < 4.78 is 16.1. The van der Waals surface area contributed by atoms with E-state index in [0.717, 1.165) is 31.4 Å². The summed E-state index contributed by atoms with van der Waals surface area (Å²) in [4.78, 5) is 26.7. The lowest BCUT2D eigenvalue weighted by molar-refractivity contribution is -0.154. The molecule has 1 amide bonds. The third-order valence-electron chi connectivity index (χ3n) is 5.98. The van der Waals surface area contributed by atoms with Gasteiger partial charge in [0.15, 0.2) is 24.7 Å². The second-order valence-electron chi connectivity index (χ2n) is 9.60. The molecule has 1 aliphatic heterocycles. The van der Waals surface area contributed by atoms with Crippen LogP contribution >= 0.6 is 0 Å². The first-order chi connectivity index (χ1) is 14.1. The van der Waals surface area contributed by atoms with E-state index in [1.807, 2.05) is 36.1 Å². The zero-order chi connectivity index (χ0) is 21.9. The topological polar surface area (TPSA) is 65.1 Å². The van der Waals surface area contributed by atoms with Gasteiger partial charge in [-0.1, -0.05) is 39.0 Å². The number of hydrogen-bond acceptors (Lipinski definition) is 5. The van der Waals surface area contributed by atoms with Gasteiger partial charge in [0.2, 0.25) is 0 Å². The summed E-state index contributed by atoms with van der Waals surface area (Å²) >= 11 is 0. The fourth-order valence-corrected chi connectivity index (χ4v) is 5.25. The molecule has 1 aliphatic carbocycles. The zero-order valence-electron chi connectivity index (χ0n) is 18.7. The number of esters is 1. The van der Waals surface area contributed by atoms with Crippen molar-refractivity contribution in [3.05, 3.63) is 29.8 Å². The molecule has 1 saturated heterocycles. The van der Waals surface area contributed by atoms with Crippen molar-refractivity contribution in [3.8, 4) is 11.5 Å². The molecule has 0 spiro atoms. The predicted octanol–water partition coefficient (Wildman–Crippen LogP) is 4.08. The molecule has 0 radical (unpaired) electrons. The highest BCUT2D eigenvalue weighted by Gasteiger charge is 2.50. The van der Waals surface area contributed by atoms with Gasteiger partial charge in [-0.05, 0) is 54.7 Å². The van der Waals surface area contributed by atoms with E-state index in [1.54, 1.807) is 13.2 Å². The average molecular weight is 416 g/mol. The van der Waals surface area contributed by atoms with Crippen molar-refractivity contribution in [2.75, 3.05) is 26.9 Å². The maximum absolute atomic E-state index is 12.7. The number of likely N-dealkylation sites (tertiary alicyclic amines) is 1. The molecule has 2 fully saturated rings. The molecule has 2 atom stereocenters. The number of nitrogens with zero attached hydrogens (tertiary/aromatic N) is 1. The van der Waals surface area contributed by atoms with E-state index in [2.05, 4.69) is 20.8 Å². The molecule has 2 bridgehead atoms. The smallest absolute Gasteiger partial charge is 0.344 e. The molecule has 30 heavy (non-hydrogen) atoms. The minimum Gasteiger partial charge on any atom is -0.493 e. The van der Waals surface area contributed by atoms with Crippen LogP contribution in [0.5, 0.6) is 11.5 Å². The van der Waals surface area contributed by atoms with Crippen molar-refractivity contribution >= 4 is 18.0 Å². The lowest BCUT2D eigenvalue weighted by Gasteiger charge is -2.39. The van der Waals surface area contributed by atoms with E-state index in [-0.39, 0.29) is 36.0 Å². The van der Waals surface area contributed by atoms with Crippen LogP contribution in [0.1, 0.15) is 52.5 Å². The van der Waals surface area contributed by atoms with Crippen molar-refractivity contribution in [1.29, 1.82) is 0 Å². The predicted molar refractivity (Wildman–Crippen MR) is 115 cm³/mol. The fourth-order valence-electron chi connectivity index (χ4n) is 5.25. The molecule has 1 aromatic carbocycles. The van der Waals surface area contributed by atoms with Crippen molar-refractivity contribution in [2.24, 2.45) is 10.8 Å². The minimum absolute atomic E-state index is 0.122. The summed E-state index contributed by atoms with van der Waals surface area (Å²) in [5.41, 5.74) is 1.37. The standard InChI is InChI=1S/C24H33NO5/c1-6-7-17-8-9-19(20(10-17)28-5)29-14-22(27)30-13-21(26)25-16-24(4)12-18(25)11-23(2,3)15-24/h6-10,18H,11-16H2,1-5H3/b7-6+/t18-,24-/m1/s1. The van der Waals surface area contributed by atoms with Gasteiger partial charge in [0, 0.05) is 12.6 Å². The number of hydrogen-bond donors (Lipinski definition) is 0. The molecule has 0 unspecified atom stereocenters. The molecule has 1 aromatic rings. The second-order valence-corrected chi connectivity index (χ2v) is 9.60. The highest BCUT2D eigenvalue weighted by Crippen LogP contribution is 2.52. The number of methoxy groups -OCH3 is 1. The van der Waals surface area contributed by atoms with Crippen LogP contribution in [-0.2, 0) is 14.3 Å². The molecular formula is C24H33NO5. The van der Waals surface area contributed by atoms with Crippen LogP contribution in [0.4, 0.5) is 0 Å². The summed E-state index contributed by atoms with van der Waals surface area (Å²) in [7, 11) is 1.55. The van der Waals surface area contributed by atoms with Crippen LogP contribution in [0.25, 0.3) is 6.08 Å². The van der Waals surface area contributed by atoms with Gasteiger partial charge >= 0.3 is 5.97 Å². The minimum atomic E-state index is -0.573. The van der Waals surface area contributed by atoms with Gasteiger partial charge in [0.1, 0.15) is 0 Å². The summed E-state index contributed by atoms with van der Waals surface area (Å²) in [6.45, 7) is 8.94. The second kappa shape index (κ2) is 8.70. The van der Waals surface area contributed by atoms with Crippen LogP contribution in [0, 0.1) is 10.8 Å². The first kappa shape index (κ1) is 22.2. The van der Waals surface area contributed by atoms with Crippen LogP contribution in [0.3, 0.4) is 0 Å². The molecule has 1 saturated carbocycles. The van der Waals surface area contributed by atoms with Gasteiger partial charge in [-0.3, -0.25) is 4.79 Å². The lowest BCUT2D eigenvalue weighted by Crippen LogP contribution is -2.40. The molecule has 0 N–H and O–H groups in total. The number of benzene rings is 1.